The fourth-order valence-electron chi connectivity index (χ4n) is 2.51. The number of hydrogen-bond donors (Lipinski definition) is 3. The Morgan fingerprint density at radius 3 is 2.87 bits per heavy atom. The van der Waals surface area contributed by atoms with Crippen LogP contribution in [0.2, 0.25) is 0 Å². The first-order chi connectivity index (χ1) is 11.1. The predicted octanol–water partition coefficient (Wildman–Crippen LogP) is 2.38. The van der Waals surface area contributed by atoms with E-state index in [0.717, 1.165) is 24.8 Å². The van der Waals surface area contributed by atoms with Crippen LogP contribution in [0.25, 0.3) is 10.2 Å². The van der Waals surface area contributed by atoms with E-state index in [9.17, 15) is 9.59 Å². The van der Waals surface area contributed by atoms with Crippen LogP contribution in [0.1, 0.15) is 33.0 Å². The van der Waals surface area contributed by atoms with Crippen molar-refractivity contribution < 1.29 is 9.90 Å². The number of carboxylic acid groups (broad SMARTS) is 1. The summed E-state index contributed by atoms with van der Waals surface area (Å²) in [7, 11) is 0. The maximum absolute atomic E-state index is 11.8. The first-order valence-corrected chi connectivity index (χ1v) is 8.85. The van der Waals surface area contributed by atoms with Crippen LogP contribution in [0.3, 0.4) is 0 Å². The van der Waals surface area contributed by atoms with Gasteiger partial charge in [-0.2, -0.15) is 11.3 Å². The third-order valence-electron chi connectivity index (χ3n) is 3.59. The van der Waals surface area contributed by atoms with E-state index in [1.54, 1.807) is 11.3 Å². The Morgan fingerprint density at radius 2 is 2.26 bits per heavy atom. The Labute approximate surface area is 139 Å². The molecule has 0 saturated heterocycles. The maximum atomic E-state index is 11.8. The van der Waals surface area contributed by atoms with Gasteiger partial charge in [-0.3, -0.25) is 4.79 Å². The van der Waals surface area contributed by atoms with Gasteiger partial charge in [0, 0.05) is 11.4 Å². The molecule has 0 aromatic carbocycles. The van der Waals surface area contributed by atoms with Crippen molar-refractivity contribution in [2.75, 3.05) is 0 Å². The fraction of sp³-hybridized carbons (Fsp3) is 0.267. The number of aromatic carboxylic acids is 1. The number of aryl methyl sites for hydroxylation is 2. The zero-order valence-corrected chi connectivity index (χ0v) is 13.8. The lowest BCUT2D eigenvalue weighted by Crippen LogP contribution is -2.15. The van der Waals surface area contributed by atoms with E-state index in [1.807, 2.05) is 11.4 Å². The van der Waals surface area contributed by atoms with Crippen LogP contribution < -0.4 is 11.3 Å². The van der Waals surface area contributed by atoms with Crippen LogP contribution in [0.4, 0.5) is 0 Å². The number of nitrogens with two attached hydrogens (primary N) is 1. The molecule has 4 N–H and O–H groups in total. The number of fused-ring (bicyclic) bond motifs is 3. The van der Waals surface area contributed by atoms with Crippen LogP contribution in [0.5, 0.6) is 0 Å². The first kappa shape index (κ1) is 15.9. The highest BCUT2D eigenvalue weighted by Crippen LogP contribution is 2.34. The Hall–Kier alpha value is -2.03. The van der Waals surface area contributed by atoms with Gasteiger partial charge in [0.25, 0.3) is 5.56 Å². The number of carboxylic acids is 1. The van der Waals surface area contributed by atoms with Crippen molar-refractivity contribution in [2.24, 2.45) is 5.73 Å². The third-order valence-corrected chi connectivity index (χ3v) is 5.51. The number of nitrogens with zero attached hydrogens (tertiary/aromatic N) is 1. The molecule has 0 unspecified atom stereocenters. The number of nitrogens with one attached hydrogen (secondary N) is 1. The van der Waals surface area contributed by atoms with Gasteiger partial charge in [-0.15, -0.1) is 11.3 Å². The van der Waals surface area contributed by atoms with Crippen molar-refractivity contribution in [1.29, 1.82) is 0 Å². The highest BCUT2D eigenvalue weighted by molar-refractivity contribution is 7.18. The molecule has 1 aliphatic rings. The standard InChI is InChI=1S/C10H8N2O3S.C5H7NS/c13-8-6-4-2-1-3-5(4)16-9(6)12-7(11-8)10(14)15;6-3-5-1-2-7-4-5/h1-3H2,(H,14,15)(H,11,12,13);1-2,4H,3,6H2. The topological polar surface area (TPSA) is 109 Å². The van der Waals surface area contributed by atoms with Crippen LogP contribution >= 0.6 is 22.7 Å². The average Bonchev–Trinajstić information content (AvgIpc) is 3.23. The average molecular weight is 349 g/mol. The van der Waals surface area contributed by atoms with Crippen molar-refractivity contribution in [1.82, 2.24) is 9.97 Å². The van der Waals surface area contributed by atoms with Gasteiger partial charge < -0.3 is 15.8 Å². The number of aromatic amines is 1. The van der Waals surface area contributed by atoms with Crippen molar-refractivity contribution in [3.05, 3.63) is 49.0 Å². The Balaban J connectivity index is 0.000000188. The molecule has 0 amide bonds. The zero-order chi connectivity index (χ0) is 16.4. The molecule has 0 atom stereocenters. The highest BCUT2D eigenvalue weighted by Gasteiger charge is 2.21. The first-order valence-electron chi connectivity index (χ1n) is 7.09. The smallest absolute Gasteiger partial charge is 0.372 e. The Kier molecular flexibility index (Phi) is 4.56. The van der Waals surface area contributed by atoms with Gasteiger partial charge in [-0.1, -0.05) is 0 Å². The minimum absolute atomic E-state index is 0.280. The molecule has 0 aliphatic heterocycles. The van der Waals surface area contributed by atoms with Gasteiger partial charge in [0.1, 0.15) is 4.83 Å². The summed E-state index contributed by atoms with van der Waals surface area (Å²) in [5.74, 6) is -1.48. The summed E-state index contributed by atoms with van der Waals surface area (Å²) in [4.78, 5) is 30.5. The Bertz CT molecular complexity index is 897. The lowest BCUT2D eigenvalue weighted by Gasteiger charge is -1.95. The van der Waals surface area contributed by atoms with Gasteiger partial charge in [-0.05, 0) is 47.2 Å². The summed E-state index contributed by atoms with van der Waals surface area (Å²) in [6.45, 7) is 0.670. The molecule has 120 valence electrons. The lowest BCUT2D eigenvalue weighted by molar-refractivity contribution is 0.0683. The molecule has 0 bridgehead atoms. The zero-order valence-electron chi connectivity index (χ0n) is 12.2. The second-order valence-corrected chi connectivity index (χ2v) is 6.96. The van der Waals surface area contributed by atoms with Crippen LogP contribution in [0.15, 0.2) is 21.6 Å². The van der Waals surface area contributed by atoms with E-state index in [0.29, 0.717) is 16.8 Å². The molecular weight excluding hydrogens is 334 g/mol. The van der Waals surface area contributed by atoms with Crippen molar-refractivity contribution in [3.63, 3.8) is 0 Å². The molecule has 23 heavy (non-hydrogen) atoms. The van der Waals surface area contributed by atoms with E-state index in [4.69, 9.17) is 10.8 Å². The van der Waals surface area contributed by atoms with Crippen molar-refractivity contribution >= 4 is 38.9 Å². The van der Waals surface area contributed by atoms with E-state index >= 15 is 0 Å². The molecule has 0 spiro atoms. The summed E-state index contributed by atoms with van der Waals surface area (Å²) in [5, 5.41) is 13.5. The van der Waals surface area contributed by atoms with Gasteiger partial charge in [0.05, 0.1) is 5.39 Å². The molecule has 6 nitrogen and oxygen atoms in total. The van der Waals surface area contributed by atoms with Crippen molar-refractivity contribution in [2.45, 2.75) is 25.8 Å². The minimum Gasteiger partial charge on any atom is -0.475 e. The normalized spacial score (nSPS) is 12.7. The van der Waals surface area contributed by atoms with Crippen LogP contribution in [-0.2, 0) is 19.4 Å². The SMILES string of the molecule is NCc1ccsc1.O=C(O)c1nc2sc3c(c2c(=O)[nH]1)CCC3. The molecule has 3 aromatic rings. The molecule has 0 radical (unpaired) electrons. The molecule has 0 fully saturated rings. The van der Waals surface area contributed by atoms with E-state index in [1.165, 1.54) is 21.8 Å². The Morgan fingerprint density at radius 1 is 1.43 bits per heavy atom. The van der Waals surface area contributed by atoms with E-state index < -0.39 is 5.97 Å². The van der Waals surface area contributed by atoms with Gasteiger partial charge in [-0.25, -0.2) is 9.78 Å². The largest absolute Gasteiger partial charge is 0.475 e. The summed E-state index contributed by atoms with van der Waals surface area (Å²) in [6.07, 6.45) is 2.93. The second kappa shape index (κ2) is 6.61. The quantitative estimate of drug-likeness (QED) is 0.658. The summed E-state index contributed by atoms with van der Waals surface area (Å²) < 4.78 is 0. The molecule has 8 heteroatoms. The van der Waals surface area contributed by atoms with Gasteiger partial charge >= 0.3 is 5.97 Å². The van der Waals surface area contributed by atoms with E-state index in [2.05, 4.69) is 15.3 Å². The molecule has 1 aliphatic carbocycles. The molecular formula is C15H15N3O3S2. The second-order valence-electron chi connectivity index (χ2n) is 5.09. The molecule has 4 rings (SSSR count). The fourth-order valence-corrected chi connectivity index (χ4v) is 4.46. The number of thiophene rings is 2. The number of hydrogen-bond acceptors (Lipinski definition) is 6. The number of carbonyl (C=O) groups is 1. The summed E-state index contributed by atoms with van der Waals surface area (Å²) in [6, 6.07) is 2.03. The maximum Gasteiger partial charge on any atom is 0.372 e. The minimum atomic E-state index is -1.20. The van der Waals surface area contributed by atoms with Crippen LogP contribution in [-0.4, -0.2) is 21.0 Å². The molecule has 0 saturated carbocycles. The number of H-pyrrole nitrogens is 1. The molecule has 3 heterocycles. The molecule has 3 aromatic heterocycles. The summed E-state index contributed by atoms with van der Waals surface area (Å²) >= 11 is 3.12. The number of aromatic nitrogens is 2. The third kappa shape index (κ3) is 3.19. The highest BCUT2D eigenvalue weighted by atomic mass is 32.1. The van der Waals surface area contributed by atoms with Gasteiger partial charge in [0.15, 0.2) is 0 Å². The van der Waals surface area contributed by atoms with E-state index in [-0.39, 0.29) is 11.4 Å². The van der Waals surface area contributed by atoms with Gasteiger partial charge in [0.2, 0.25) is 5.82 Å². The van der Waals surface area contributed by atoms with Crippen LogP contribution in [0, 0.1) is 0 Å². The predicted molar refractivity (Wildman–Crippen MR) is 91.4 cm³/mol. The summed E-state index contributed by atoms with van der Waals surface area (Å²) in [5.41, 5.74) is 7.26. The van der Waals surface area contributed by atoms with Crippen molar-refractivity contribution in [3.8, 4) is 0 Å². The number of rotatable bonds is 2. The monoisotopic (exact) mass is 349 g/mol. The lowest BCUT2D eigenvalue weighted by atomic mass is 10.2.